The quantitative estimate of drug-likeness (QED) is 0.0224. The van der Waals surface area contributed by atoms with E-state index in [4.69, 9.17) is 70.4 Å². The molecule has 1 saturated heterocycles. The van der Waals surface area contributed by atoms with Crippen LogP contribution in [0.4, 0.5) is 67.6 Å². The summed E-state index contributed by atoms with van der Waals surface area (Å²) < 4.78 is 75.0. The van der Waals surface area contributed by atoms with Crippen molar-refractivity contribution in [2.45, 2.75) is 86.3 Å². The molecule has 1 aliphatic rings. The van der Waals surface area contributed by atoms with Crippen LogP contribution in [0.2, 0.25) is 0 Å². The fourth-order valence-corrected chi connectivity index (χ4v) is 12.5. The highest BCUT2D eigenvalue weighted by Crippen LogP contribution is 2.37. The van der Waals surface area contributed by atoms with Gasteiger partial charge < -0.3 is 107 Å². The summed E-state index contributed by atoms with van der Waals surface area (Å²) in [6.07, 6.45) is 3.89. The summed E-state index contributed by atoms with van der Waals surface area (Å²) in [5.74, 6) is 6.49. The van der Waals surface area contributed by atoms with Crippen LogP contribution in [0.3, 0.4) is 0 Å². The lowest BCUT2D eigenvalue weighted by Crippen LogP contribution is -2.27. The van der Waals surface area contributed by atoms with Gasteiger partial charge in [-0.3, -0.25) is 9.78 Å². The maximum atomic E-state index is 14.2. The summed E-state index contributed by atoms with van der Waals surface area (Å²) in [6, 6.07) is 35.2. The van der Waals surface area contributed by atoms with E-state index in [1.807, 2.05) is 105 Å². The van der Waals surface area contributed by atoms with Gasteiger partial charge in [0.2, 0.25) is 29.7 Å². The molecule has 1 amide bonds. The number of nitrogens with two attached hydrogens (primary N) is 5. The van der Waals surface area contributed by atoms with Gasteiger partial charge in [0.05, 0.1) is 97.6 Å². The van der Waals surface area contributed by atoms with Crippen LogP contribution in [0.1, 0.15) is 93.2 Å². The molecule has 39 heteroatoms. The van der Waals surface area contributed by atoms with E-state index in [0.717, 1.165) is 76.3 Å². The molecule has 10 aromatic heterocycles. The molecule has 5 aromatic carbocycles. The number of nitrogen functional groups attached to an aromatic ring is 5. The second kappa shape index (κ2) is 39.6. The molecule has 16 rings (SSSR count). The monoisotopic (exact) mass is 1630 g/mol. The Morgan fingerprint density at radius 2 is 0.916 bits per heavy atom. The average molecular weight is 1630 g/mol. The molecule has 0 spiro atoms. The van der Waals surface area contributed by atoms with Gasteiger partial charge in [-0.15, -0.1) is 0 Å². The van der Waals surface area contributed by atoms with Crippen molar-refractivity contribution in [2.75, 3.05) is 116 Å². The number of carbonyl (C=O) groups is 1. The lowest BCUT2D eigenvalue weighted by atomic mass is 10.1. The number of pyridine rings is 1. The number of methoxy groups -OCH3 is 3. The molecule has 618 valence electrons. The predicted molar refractivity (Wildman–Crippen MR) is 443 cm³/mol. The van der Waals surface area contributed by atoms with E-state index in [1.165, 1.54) is 31.4 Å². The van der Waals surface area contributed by atoms with Crippen LogP contribution in [0, 0.1) is 39.3 Å². The standard InChI is InChI=1S/C20H22N6O.C16H18FN5O3.C16H19N5O3.C14H14FN5O2.C14H15N5O2/c1-13(16-6-2-3-9-22-16)23-18-15-8-7-14(12-17(15)24-20(21)25-18)19(27)26-10-4-5-11-26;1-9-7-10(22-25-9)8-19-15-13-12(24-6-5-23-2)4-3-11(17)14(13)20-16(18)21-15;1-10-8-11(21-24-10)9-18-15-14-12(19-16(17)20-15)4-3-5-13(14)23-7-6-22-2;1-7-5-8(20-22-7)6-17-13-11-10(21-2)4-3-9(15)12(11)18-14(16)19-13;1-8-5-10(19-21-8)6-16-13-12-9(7-20)3-2-4-11(12)17-14(15)18-13/h2-3,6-9,12-13H,4-5,10-11H2,1H3,(H3,21,23,24,25);3-4,7H,5-6,8H2,1-2H3,(H3,18,19,20,21);3-5,8H,6-7,9H2,1-2H3,(H3,17,18,19,20);3-5H,6H2,1-2H3,(H3,16,17,18,19);2-5,20H,6-7H2,1H3,(H3,15,16,17,18)/t13-;;;;/m1..../s1. The van der Waals surface area contributed by atoms with Crippen molar-refractivity contribution in [1.29, 1.82) is 0 Å². The Hall–Kier alpha value is -14.6. The highest BCUT2D eigenvalue weighted by molar-refractivity contribution is 6.01. The second-order valence-corrected chi connectivity index (χ2v) is 26.7. The summed E-state index contributed by atoms with van der Waals surface area (Å²) in [5, 5.41) is 44.2. The van der Waals surface area contributed by atoms with E-state index >= 15 is 0 Å². The average Bonchev–Trinajstić information content (AvgIpc) is 1.78. The Kier molecular flexibility index (Phi) is 27.9. The van der Waals surface area contributed by atoms with Gasteiger partial charge in [0.25, 0.3) is 5.91 Å². The van der Waals surface area contributed by atoms with E-state index < -0.39 is 11.6 Å². The molecule has 0 aliphatic carbocycles. The van der Waals surface area contributed by atoms with Gasteiger partial charge >= 0.3 is 0 Å². The fourth-order valence-electron chi connectivity index (χ4n) is 12.5. The fraction of sp³-hybridized carbons (Fsp3) is 0.275. The van der Waals surface area contributed by atoms with Crippen molar-refractivity contribution in [2.24, 2.45) is 0 Å². The first kappa shape index (κ1) is 83.8. The number of amides is 1. The van der Waals surface area contributed by atoms with Crippen LogP contribution in [-0.2, 0) is 42.3 Å². The molecule has 1 aliphatic heterocycles. The number of rotatable bonds is 26. The van der Waals surface area contributed by atoms with Crippen molar-refractivity contribution in [3.63, 3.8) is 0 Å². The van der Waals surface area contributed by atoms with Gasteiger partial charge in [0, 0.05) is 74.1 Å². The summed E-state index contributed by atoms with van der Waals surface area (Å²) in [7, 11) is 4.69. The normalized spacial score (nSPS) is 11.9. The number of hydrogen-bond donors (Lipinski definition) is 11. The molecular formula is C80H88F2N26O11. The Labute approximate surface area is 678 Å². The summed E-state index contributed by atoms with van der Waals surface area (Å²) in [4.78, 5) is 60.8. The number of fused-ring (bicyclic) bond motifs is 5. The van der Waals surface area contributed by atoms with E-state index in [2.05, 4.69) is 102 Å². The van der Waals surface area contributed by atoms with Crippen LogP contribution < -0.4 is 69.5 Å². The van der Waals surface area contributed by atoms with E-state index in [9.17, 15) is 18.7 Å². The predicted octanol–water partition coefficient (Wildman–Crippen LogP) is 11.3. The Morgan fingerprint density at radius 1 is 0.479 bits per heavy atom. The number of aliphatic hydroxyl groups is 1. The highest BCUT2D eigenvalue weighted by Gasteiger charge is 2.24. The zero-order chi connectivity index (χ0) is 84.1. The van der Waals surface area contributed by atoms with Crippen molar-refractivity contribution in [1.82, 2.24) is 80.4 Å². The molecular weight excluding hydrogens is 1540 g/mol. The third-order valence-corrected chi connectivity index (χ3v) is 17.9. The molecule has 1 fully saturated rings. The van der Waals surface area contributed by atoms with Crippen molar-refractivity contribution < 1.29 is 60.5 Å². The molecule has 119 heavy (non-hydrogen) atoms. The van der Waals surface area contributed by atoms with Crippen molar-refractivity contribution >= 4 is 119 Å². The molecule has 0 saturated carbocycles. The Balaban J connectivity index is 0.000000137. The maximum absolute atomic E-state index is 14.2. The van der Waals surface area contributed by atoms with Gasteiger partial charge in [-0.25, -0.2) is 33.7 Å². The number of nitrogens with one attached hydrogen (secondary N) is 5. The molecule has 0 unspecified atom stereocenters. The SMILES string of the molecule is COCCOc1ccc(F)c2nc(N)nc(NCc3cc(C)on3)c12.COCCOc1cccc2nc(N)nc(NCc3cc(C)on3)c12.COc1ccc(F)c2nc(N)nc(NCc3cc(C)on3)c12.C[C@@H](Nc1nc(N)nc2cc(C(=O)N3CCCC3)ccc12)c1ccccn1.Cc1cc(CNc2nc(N)nc3cccc(CO)c23)no1. The molecule has 37 nitrogen and oxygen atoms in total. The summed E-state index contributed by atoms with van der Waals surface area (Å²) in [6.45, 7) is 14.0. The van der Waals surface area contributed by atoms with Gasteiger partial charge in [-0.05, 0) is 126 Å². The van der Waals surface area contributed by atoms with Gasteiger partial charge in [-0.1, -0.05) is 44.9 Å². The molecule has 11 heterocycles. The lowest BCUT2D eigenvalue weighted by Gasteiger charge is -2.17. The first-order chi connectivity index (χ1) is 57.6. The Morgan fingerprint density at radius 3 is 1.38 bits per heavy atom. The molecule has 1 atom stereocenters. The first-order valence-electron chi connectivity index (χ1n) is 37.3. The lowest BCUT2D eigenvalue weighted by molar-refractivity contribution is 0.0793. The number of aliphatic hydroxyl groups excluding tert-OH is 1. The van der Waals surface area contributed by atoms with Gasteiger partial charge in [-0.2, -0.15) is 24.9 Å². The minimum absolute atomic E-state index is 0.0292. The van der Waals surface area contributed by atoms with E-state index in [0.29, 0.717) is 155 Å². The number of nitrogens with zero attached hydrogens (tertiary/aromatic N) is 16. The van der Waals surface area contributed by atoms with Crippen LogP contribution in [0.15, 0.2) is 146 Å². The smallest absolute Gasteiger partial charge is 0.253 e. The van der Waals surface area contributed by atoms with Crippen LogP contribution >= 0.6 is 0 Å². The molecule has 0 bridgehead atoms. The summed E-state index contributed by atoms with van der Waals surface area (Å²) in [5.41, 5.74) is 36.3. The second-order valence-electron chi connectivity index (χ2n) is 26.7. The first-order valence-corrected chi connectivity index (χ1v) is 37.3. The number of halogens is 2. The van der Waals surface area contributed by atoms with Crippen LogP contribution in [0.5, 0.6) is 17.2 Å². The van der Waals surface area contributed by atoms with Crippen molar-refractivity contribution in [3.05, 3.63) is 202 Å². The van der Waals surface area contributed by atoms with E-state index in [-0.39, 0.29) is 59.3 Å². The number of benzene rings is 5. The molecule has 15 aromatic rings. The minimum Gasteiger partial charge on any atom is -0.496 e. The number of likely N-dealkylation sites (tertiary alicyclic amines) is 1. The van der Waals surface area contributed by atoms with Gasteiger partial charge in [0.15, 0.2) is 0 Å². The number of carbonyl (C=O) groups excluding carboxylic acids is 1. The van der Waals surface area contributed by atoms with Crippen LogP contribution in [-0.4, -0.2) is 152 Å². The van der Waals surface area contributed by atoms with E-state index in [1.54, 1.807) is 52.5 Å². The maximum Gasteiger partial charge on any atom is 0.253 e. The van der Waals surface area contributed by atoms with Crippen LogP contribution in [0.25, 0.3) is 54.5 Å². The van der Waals surface area contributed by atoms with Gasteiger partial charge in [0.1, 0.15) is 128 Å². The minimum atomic E-state index is -0.511. The Bertz CT molecular complexity index is 5970. The number of aromatic nitrogens is 15. The zero-order valence-electron chi connectivity index (χ0n) is 66.2. The third-order valence-electron chi connectivity index (χ3n) is 17.9. The number of aryl methyl sites for hydroxylation is 4. The largest absolute Gasteiger partial charge is 0.496 e. The molecule has 0 radical (unpaired) electrons. The number of hydrogen-bond acceptors (Lipinski definition) is 36. The number of ether oxygens (including phenoxy) is 5. The number of anilines is 10. The third kappa shape index (κ3) is 21.7. The van der Waals surface area contributed by atoms with Crippen molar-refractivity contribution in [3.8, 4) is 17.2 Å². The zero-order valence-corrected chi connectivity index (χ0v) is 66.2. The molecule has 16 N–H and O–H groups in total. The topological polar surface area (TPSA) is 523 Å². The summed E-state index contributed by atoms with van der Waals surface area (Å²) >= 11 is 0. The highest BCUT2D eigenvalue weighted by atomic mass is 19.1.